The van der Waals surface area contributed by atoms with Crippen molar-refractivity contribution in [2.75, 3.05) is 0 Å². The first kappa shape index (κ1) is 33.5. The summed E-state index contributed by atoms with van der Waals surface area (Å²) in [5.41, 5.74) is 6.17. The first-order valence-corrected chi connectivity index (χ1v) is 17.6. The maximum atomic E-state index is 2.35. The molecule has 0 radical (unpaired) electrons. The molecule has 43 heavy (non-hydrogen) atoms. The maximum Gasteiger partial charge on any atom is -0.172 e. The van der Waals surface area contributed by atoms with Crippen molar-refractivity contribution in [1.29, 1.82) is 0 Å². The average molecular weight is 648 g/mol. The van der Waals surface area contributed by atoms with E-state index in [0.29, 0.717) is 5.92 Å². The van der Waals surface area contributed by atoms with E-state index in [-0.39, 0.29) is 10.8 Å². The predicted octanol–water partition coefficient (Wildman–Crippen LogP) is 12.2. The Hall–Kier alpha value is -2.37. The fourth-order valence-corrected chi connectivity index (χ4v) is 7.07. The molecule has 1 aliphatic rings. The molecule has 224 valence electrons. The summed E-state index contributed by atoms with van der Waals surface area (Å²) in [6, 6.07) is 35.5. The molecule has 6 rings (SSSR count). The van der Waals surface area contributed by atoms with Crippen molar-refractivity contribution in [3.8, 4) is 0 Å². The molecular formula is C42H52Zr. The third-order valence-electron chi connectivity index (χ3n) is 8.89. The van der Waals surface area contributed by atoms with Crippen LogP contribution in [0.15, 0.2) is 97.1 Å². The van der Waals surface area contributed by atoms with E-state index in [4.69, 9.17) is 0 Å². The zero-order chi connectivity index (χ0) is 31.2. The van der Waals surface area contributed by atoms with Crippen molar-refractivity contribution in [3.05, 3.63) is 119 Å². The Morgan fingerprint density at radius 2 is 1.19 bits per heavy atom. The molecule has 0 unspecified atom stereocenters. The second kappa shape index (κ2) is 14.6. The minimum atomic E-state index is 0.203. The van der Waals surface area contributed by atoms with Gasteiger partial charge in [-0.15, -0.1) is 39.7 Å². The molecule has 0 spiro atoms. The minimum absolute atomic E-state index is 0.203. The van der Waals surface area contributed by atoms with Gasteiger partial charge >= 0.3 is 121 Å². The van der Waals surface area contributed by atoms with Crippen LogP contribution in [0.4, 0.5) is 0 Å². The first-order chi connectivity index (χ1) is 20.3. The average Bonchev–Trinajstić information content (AvgIpc) is 3.68. The van der Waals surface area contributed by atoms with Gasteiger partial charge in [0.15, 0.2) is 0 Å². The summed E-state index contributed by atoms with van der Waals surface area (Å²) >= 11 is 1.62. The van der Waals surface area contributed by atoms with E-state index in [2.05, 4.69) is 122 Å². The smallest absolute Gasteiger partial charge is 0.172 e. The normalized spacial score (nSPS) is 14.3. The number of rotatable bonds is 3. The van der Waals surface area contributed by atoms with Gasteiger partial charge in [-0.25, -0.2) is 12.1 Å². The van der Waals surface area contributed by atoms with E-state index in [1.54, 1.807) is 27.4 Å². The van der Waals surface area contributed by atoms with E-state index in [0.717, 1.165) is 5.92 Å². The maximum absolute atomic E-state index is 2.35. The number of hydrogen-bond donors (Lipinski definition) is 0. The molecule has 0 aliphatic heterocycles. The van der Waals surface area contributed by atoms with Gasteiger partial charge in [0.25, 0.3) is 0 Å². The fraction of sp³-hybridized carbons (Fsp3) is 0.405. The van der Waals surface area contributed by atoms with Crippen LogP contribution in [0.1, 0.15) is 116 Å². The molecule has 1 saturated carbocycles. The summed E-state index contributed by atoms with van der Waals surface area (Å²) in [7, 11) is 0. The van der Waals surface area contributed by atoms with Crippen LogP contribution in [0.5, 0.6) is 0 Å². The fourth-order valence-electron chi connectivity index (χ4n) is 5.95. The van der Waals surface area contributed by atoms with Crippen LogP contribution in [-0.2, 0) is 35.1 Å². The van der Waals surface area contributed by atoms with Crippen molar-refractivity contribution in [2.24, 2.45) is 5.92 Å². The summed E-state index contributed by atoms with van der Waals surface area (Å²) in [5.74, 6) is 1.53. The molecule has 0 bridgehead atoms. The predicted molar refractivity (Wildman–Crippen MR) is 188 cm³/mol. The van der Waals surface area contributed by atoms with E-state index < -0.39 is 0 Å². The summed E-state index contributed by atoms with van der Waals surface area (Å²) in [6.07, 6.45) is 7.17. The molecule has 1 fully saturated rings. The quantitative estimate of drug-likeness (QED) is 0.171. The Balaban J connectivity index is 0.000000172. The Morgan fingerprint density at radius 3 is 1.58 bits per heavy atom. The monoisotopic (exact) mass is 646 g/mol. The van der Waals surface area contributed by atoms with Crippen molar-refractivity contribution in [3.63, 3.8) is 0 Å². The summed E-state index contributed by atoms with van der Waals surface area (Å²) in [5, 5.41) is 5.48. The standard InChI is InChI=1S/C21H25.C16H22.C5H5.Zr/c1-20(2,3)16-7-9-18-14(12-16)11-15-13-17(21(4,5)6)8-10-19(15)18;1-13(2)16-10-8-15(9-11-16)12-14-6-4-3-5-7-14;1-2-4-5-3-1;/h7-13H,1-6H3;8-11,13-14H,3-7H2,1-2H3;1-5H;/q-1;;-1;+2. The molecule has 1 heteroatoms. The second-order valence-corrected chi connectivity index (χ2v) is 16.1. The van der Waals surface area contributed by atoms with Crippen LogP contribution in [0.2, 0.25) is 0 Å². The largest absolute Gasteiger partial charge is 0.214 e. The van der Waals surface area contributed by atoms with Gasteiger partial charge in [0, 0.05) is 0 Å². The topological polar surface area (TPSA) is 0 Å². The Kier molecular flexibility index (Phi) is 11.4. The van der Waals surface area contributed by atoms with E-state index in [1.807, 2.05) is 30.3 Å². The van der Waals surface area contributed by atoms with Gasteiger partial charge in [0.1, 0.15) is 0 Å². The van der Waals surface area contributed by atoms with E-state index in [9.17, 15) is 0 Å². The van der Waals surface area contributed by atoms with Gasteiger partial charge in [-0.05, 0) is 10.8 Å². The van der Waals surface area contributed by atoms with Gasteiger partial charge in [0.2, 0.25) is 0 Å². The van der Waals surface area contributed by atoms with Crippen LogP contribution >= 0.6 is 0 Å². The minimum Gasteiger partial charge on any atom is -0.214 e. The molecule has 5 aromatic rings. The third-order valence-corrected chi connectivity index (χ3v) is 10.6. The molecule has 0 nitrogen and oxygen atoms in total. The molecule has 1 aliphatic carbocycles. The van der Waals surface area contributed by atoms with Crippen LogP contribution in [0.25, 0.3) is 21.5 Å². The van der Waals surface area contributed by atoms with Gasteiger partial charge < -0.3 is 0 Å². The van der Waals surface area contributed by atoms with E-state index >= 15 is 0 Å². The number of benzene rings is 3. The molecule has 0 heterocycles. The zero-order valence-corrected chi connectivity index (χ0v) is 30.4. The summed E-state index contributed by atoms with van der Waals surface area (Å²) in [4.78, 5) is 0. The molecule has 0 N–H and O–H groups in total. The van der Waals surface area contributed by atoms with Crippen molar-refractivity contribution in [1.82, 2.24) is 0 Å². The van der Waals surface area contributed by atoms with Gasteiger partial charge in [-0.3, -0.25) is 0 Å². The van der Waals surface area contributed by atoms with Crippen molar-refractivity contribution in [2.45, 2.75) is 104 Å². The summed E-state index contributed by atoms with van der Waals surface area (Å²) < 4.78 is 1.70. The van der Waals surface area contributed by atoms with Crippen LogP contribution in [0, 0.1) is 5.92 Å². The summed E-state index contributed by atoms with van der Waals surface area (Å²) in [6.45, 7) is 18.2. The molecule has 0 amide bonds. The van der Waals surface area contributed by atoms with E-state index in [1.165, 1.54) is 75.9 Å². The molecular weight excluding hydrogens is 596 g/mol. The molecule has 0 saturated heterocycles. The Bertz CT molecular complexity index is 1490. The van der Waals surface area contributed by atoms with Crippen molar-refractivity contribution >= 4 is 24.8 Å². The second-order valence-electron chi connectivity index (χ2n) is 14.7. The Labute approximate surface area is 277 Å². The molecule has 0 atom stereocenters. The van der Waals surface area contributed by atoms with Crippen molar-refractivity contribution < 1.29 is 24.2 Å². The van der Waals surface area contributed by atoms with Gasteiger partial charge in [-0.1, -0.05) is 76.9 Å². The SMILES string of the molecule is CC(C)(C)c1ccc2c(c1)[cH-]c1cc(C(C)(C)C)ccc12.CC(C)c1ccc([C](=[Zr+2])C2CCCCC2)cc1.c1cc[cH-]c1. The van der Waals surface area contributed by atoms with Crippen LogP contribution < -0.4 is 0 Å². The van der Waals surface area contributed by atoms with Crippen LogP contribution in [-0.4, -0.2) is 3.21 Å². The van der Waals surface area contributed by atoms with Gasteiger partial charge in [-0.2, -0.15) is 18.2 Å². The third kappa shape index (κ3) is 9.08. The van der Waals surface area contributed by atoms with Gasteiger partial charge in [0.05, 0.1) is 0 Å². The molecule has 0 aromatic heterocycles. The molecule has 5 aromatic carbocycles. The Morgan fingerprint density at radius 1 is 0.698 bits per heavy atom. The first-order valence-electron chi connectivity index (χ1n) is 16.3. The van der Waals surface area contributed by atoms with Crippen LogP contribution in [0.3, 0.4) is 0 Å². The zero-order valence-electron chi connectivity index (χ0n) is 27.9. The number of hydrogen-bond acceptors (Lipinski definition) is 0. The number of fused-ring (bicyclic) bond motifs is 3.